The molecule has 126 valence electrons. The first-order valence-electron chi connectivity index (χ1n) is 7.17. The molecule has 2 amide bonds. The number of benzene rings is 2. The molecule has 0 aromatic heterocycles. The zero-order valence-electron chi connectivity index (χ0n) is 12.6. The third-order valence-corrected chi connectivity index (χ3v) is 3.37. The highest BCUT2D eigenvalue weighted by Crippen LogP contribution is 2.20. The average Bonchev–Trinajstić information content (AvgIpc) is 2.60. The number of nitro groups is 1. The van der Waals surface area contributed by atoms with Gasteiger partial charge in [0.05, 0.1) is 17.6 Å². The second kappa shape index (κ2) is 8.04. The van der Waals surface area contributed by atoms with Crippen molar-refractivity contribution in [2.45, 2.75) is 12.1 Å². The molecule has 0 bridgehead atoms. The maximum atomic E-state index is 11.9. The lowest BCUT2D eigenvalue weighted by molar-refractivity contribution is -0.384. The monoisotopic (exact) mass is 331 g/mol. The van der Waals surface area contributed by atoms with Gasteiger partial charge in [0.25, 0.3) is 5.69 Å². The molecule has 2 aromatic rings. The molecule has 2 atom stereocenters. The standard InChI is InChI=1S/C16H17N3O5/c20-10-14(18-16(22)17-12-4-2-1-3-5-12)15(21)11-6-8-13(9-7-11)19(23)24/h1-9,14-15,20-21H,10H2,(H2,17,18,22)/t14-,15-/m1/s1. The molecule has 8 nitrogen and oxygen atoms in total. The highest BCUT2D eigenvalue weighted by atomic mass is 16.6. The summed E-state index contributed by atoms with van der Waals surface area (Å²) in [5.74, 6) is 0. The number of non-ortho nitro benzene ring substituents is 1. The summed E-state index contributed by atoms with van der Waals surface area (Å²) in [6.07, 6.45) is -1.21. The Morgan fingerprint density at radius 3 is 2.29 bits per heavy atom. The highest BCUT2D eigenvalue weighted by Gasteiger charge is 2.22. The van der Waals surface area contributed by atoms with Gasteiger partial charge in [-0.25, -0.2) is 4.79 Å². The van der Waals surface area contributed by atoms with Gasteiger partial charge in [-0.2, -0.15) is 0 Å². The molecule has 0 fully saturated rings. The summed E-state index contributed by atoms with van der Waals surface area (Å²) in [5, 5.41) is 35.3. The number of urea groups is 1. The summed E-state index contributed by atoms with van der Waals surface area (Å²) < 4.78 is 0. The molecule has 4 N–H and O–H groups in total. The summed E-state index contributed by atoms with van der Waals surface area (Å²) in [6, 6.07) is 12.4. The number of para-hydroxylation sites is 1. The summed E-state index contributed by atoms with van der Waals surface area (Å²) in [5.41, 5.74) is 0.803. The van der Waals surface area contributed by atoms with Gasteiger partial charge in [0.15, 0.2) is 0 Å². The van der Waals surface area contributed by atoms with Crippen LogP contribution in [0.25, 0.3) is 0 Å². The van der Waals surface area contributed by atoms with Crippen molar-refractivity contribution in [2.24, 2.45) is 0 Å². The van der Waals surface area contributed by atoms with E-state index in [1.807, 2.05) is 0 Å². The first-order valence-corrected chi connectivity index (χ1v) is 7.17. The number of nitrogens with one attached hydrogen (secondary N) is 2. The fraction of sp³-hybridized carbons (Fsp3) is 0.188. The van der Waals surface area contributed by atoms with Crippen LogP contribution in [0, 0.1) is 10.1 Å². The average molecular weight is 331 g/mol. The Balaban J connectivity index is 2.01. The van der Waals surface area contributed by atoms with Crippen LogP contribution in [0.5, 0.6) is 0 Å². The number of carbonyl (C=O) groups excluding carboxylic acids is 1. The van der Waals surface area contributed by atoms with Crippen LogP contribution in [0.2, 0.25) is 0 Å². The van der Waals surface area contributed by atoms with Crippen molar-refractivity contribution in [3.05, 3.63) is 70.3 Å². The van der Waals surface area contributed by atoms with Crippen molar-refractivity contribution < 1.29 is 19.9 Å². The van der Waals surface area contributed by atoms with Crippen LogP contribution in [0.3, 0.4) is 0 Å². The molecule has 0 radical (unpaired) electrons. The van der Waals surface area contributed by atoms with Crippen molar-refractivity contribution in [3.8, 4) is 0 Å². The van der Waals surface area contributed by atoms with Gasteiger partial charge in [-0.05, 0) is 29.8 Å². The molecule has 0 saturated carbocycles. The van der Waals surface area contributed by atoms with Crippen LogP contribution in [-0.4, -0.2) is 33.8 Å². The molecule has 0 aliphatic heterocycles. The summed E-state index contributed by atoms with van der Waals surface area (Å²) in [6.45, 7) is -0.500. The maximum absolute atomic E-state index is 11.9. The molecular formula is C16H17N3O5. The normalized spacial score (nSPS) is 12.9. The number of amides is 2. The summed E-state index contributed by atoms with van der Waals surface area (Å²) in [7, 11) is 0. The first-order chi connectivity index (χ1) is 11.5. The summed E-state index contributed by atoms with van der Waals surface area (Å²) >= 11 is 0. The van der Waals surface area contributed by atoms with Gasteiger partial charge in [0, 0.05) is 17.8 Å². The Morgan fingerprint density at radius 1 is 1.12 bits per heavy atom. The lowest BCUT2D eigenvalue weighted by Crippen LogP contribution is -2.44. The smallest absolute Gasteiger partial charge is 0.319 e. The Hall–Kier alpha value is -2.97. The zero-order chi connectivity index (χ0) is 17.5. The molecule has 2 rings (SSSR count). The molecule has 0 heterocycles. The van der Waals surface area contributed by atoms with Crippen molar-refractivity contribution in [3.63, 3.8) is 0 Å². The highest BCUT2D eigenvalue weighted by molar-refractivity contribution is 5.89. The largest absolute Gasteiger partial charge is 0.394 e. The quantitative estimate of drug-likeness (QED) is 0.474. The second-order valence-electron chi connectivity index (χ2n) is 5.05. The Morgan fingerprint density at radius 2 is 1.75 bits per heavy atom. The van der Waals surface area contributed by atoms with E-state index in [9.17, 15) is 25.1 Å². The Bertz CT molecular complexity index is 691. The van der Waals surface area contributed by atoms with Gasteiger partial charge in [0.1, 0.15) is 6.10 Å². The van der Waals surface area contributed by atoms with E-state index in [2.05, 4.69) is 10.6 Å². The fourth-order valence-electron chi connectivity index (χ4n) is 2.11. The molecule has 0 aliphatic carbocycles. The number of hydrogen-bond donors (Lipinski definition) is 4. The van der Waals surface area contributed by atoms with E-state index in [1.165, 1.54) is 24.3 Å². The Labute approximate surface area is 137 Å². The minimum atomic E-state index is -1.21. The van der Waals surface area contributed by atoms with Crippen molar-refractivity contribution in [1.29, 1.82) is 0 Å². The van der Waals surface area contributed by atoms with Gasteiger partial charge in [-0.1, -0.05) is 18.2 Å². The van der Waals surface area contributed by atoms with Gasteiger partial charge < -0.3 is 20.8 Å². The number of hydrogen-bond acceptors (Lipinski definition) is 5. The van der Waals surface area contributed by atoms with E-state index in [0.717, 1.165) is 0 Å². The van der Waals surface area contributed by atoms with Crippen LogP contribution in [-0.2, 0) is 0 Å². The van der Waals surface area contributed by atoms with Crippen LogP contribution < -0.4 is 10.6 Å². The van der Waals surface area contributed by atoms with Gasteiger partial charge >= 0.3 is 6.03 Å². The van der Waals surface area contributed by atoms with Crippen molar-refractivity contribution in [1.82, 2.24) is 5.32 Å². The fourth-order valence-corrected chi connectivity index (χ4v) is 2.11. The predicted octanol–water partition coefficient (Wildman–Crippen LogP) is 1.81. The second-order valence-corrected chi connectivity index (χ2v) is 5.05. The van der Waals surface area contributed by atoms with Crippen molar-refractivity contribution >= 4 is 17.4 Å². The van der Waals surface area contributed by atoms with E-state index >= 15 is 0 Å². The predicted molar refractivity (Wildman–Crippen MR) is 87.5 cm³/mol. The van der Waals surface area contributed by atoms with Crippen LogP contribution in [0.1, 0.15) is 11.7 Å². The van der Waals surface area contributed by atoms with Gasteiger partial charge in [-0.3, -0.25) is 10.1 Å². The van der Waals surface area contributed by atoms with E-state index < -0.39 is 29.7 Å². The van der Waals surface area contributed by atoms with Gasteiger partial charge in [0.2, 0.25) is 0 Å². The molecule has 0 spiro atoms. The lowest BCUT2D eigenvalue weighted by Gasteiger charge is -2.22. The number of carbonyl (C=O) groups is 1. The number of rotatable bonds is 6. The number of nitro benzene ring substituents is 1. The molecule has 0 unspecified atom stereocenters. The number of aliphatic hydroxyl groups excluding tert-OH is 2. The minimum absolute atomic E-state index is 0.110. The molecule has 2 aromatic carbocycles. The van der Waals surface area contributed by atoms with E-state index in [1.54, 1.807) is 30.3 Å². The third-order valence-electron chi connectivity index (χ3n) is 3.37. The molecule has 8 heteroatoms. The zero-order valence-corrected chi connectivity index (χ0v) is 12.6. The maximum Gasteiger partial charge on any atom is 0.319 e. The van der Waals surface area contributed by atoms with Gasteiger partial charge in [-0.15, -0.1) is 0 Å². The van der Waals surface area contributed by atoms with E-state index in [4.69, 9.17) is 0 Å². The minimum Gasteiger partial charge on any atom is -0.394 e. The first kappa shape index (κ1) is 17.4. The van der Waals surface area contributed by atoms with Crippen LogP contribution >= 0.6 is 0 Å². The lowest BCUT2D eigenvalue weighted by atomic mass is 10.0. The summed E-state index contributed by atoms with van der Waals surface area (Å²) in [4.78, 5) is 22.0. The topological polar surface area (TPSA) is 125 Å². The van der Waals surface area contributed by atoms with E-state index in [0.29, 0.717) is 11.3 Å². The number of anilines is 1. The molecular weight excluding hydrogens is 314 g/mol. The Kier molecular flexibility index (Phi) is 5.83. The molecule has 0 saturated heterocycles. The number of nitrogens with zero attached hydrogens (tertiary/aromatic N) is 1. The van der Waals surface area contributed by atoms with Crippen molar-refractivity contribution in [2.75, 3.05) is 11.9 Å². The van der Waals surface area contributed by atoms with Crippen LogP contribution in [0.4, 0.5) is 16.2 Å². The molecule has 24 heavy (non-hydrogen) atoms. The van der Waals surface area contributed by atoms with E-state index in [-0.39, 0.29) is 5.69 Å². The SMILES string of the molecule is O=C(Nc1ccccc1)N[C@H](CO)[C@H](O)c1ccc([N+](=O)[O-])cc1. The van der Waals surface area contributed by atoms with Crippen LogP contribution in [0.15, 0.2) is 54.6 Å². The number of aliphatic hydroxyl groups is 2. The molecule has 0 aliphatic rings. The third kappa shape index (κ3) is 4.51.